The van der Waals surface area contributed by atoms with E-state index in [1.165, 1.54) is 11.3 Å². The lowest BCUT2D eigenvalue weighted by molar-refractivity contribution is 0.0918. The second-order valence-corrected chi connectivity index (χ2v) is 6.14. The van der Waals surface area contributed by atoms with Crippen LogP contribution in [0.15, 0.2) is 17.6 Å². The van der Waals surface area contributed by atoms with E-state index in [1.807, 2.05) is 29.0 Å². The summed E-state index contributed by atoms with van der Waals surface area (Å²) < 4.78 is 1.98. The molecule has 0 bridgehead atoms. The predicted molar refractivity (Wildman–Crippen MR) is 77.1 cm³/mol. The first-order valence-corrected chi connectivity index (χ1v) is 7.70. The molecule has 0 aliphatic heterocycles. The fourth-order valence-electron chi connectivity index (χ4n) is 1.80. The van der Waals surface area contributed by atoms with Crippen LogP contribution in [0, 0.1) is 0 Å². The number of hydrogen-bond acceptors (Lipinski definition) is 5. The summed E-state index contributed by atoms with van der Waals surface area (Å²) in [7, 11) is 0. The summed E-state index contributed by atoms with van der Waals surface area (Å²) in [6.07, 6.45) is 2.09. The number of nitrogens with zero attached hydrogens (tertiary/aromatic N) is 2. The van der Waals surface area contributed by atoms with Crippen LogP contribution in [0.2, 0.25) is 0 Å². The number of thiophene rings is 1. The number of aliphatic hydroxyl groups is 1. The van der Waals surface area contributed by atoms with E-state index < -0.39 is 6.10 Å². The van der Waals surface area contributed by atoms with Gasteiger partial charge in [-0.15, -0.1) is 22.7 Å². The van der Waals surface area contributed by atoms with Crippen LogP contribution in [0.25, 0.3) is 15.3 Å². The molecule has 19 heavy (non-hydrogen) atoms. The summed E-state index contributed by atoms with van der Waals surface area (Å²) in [4.78, 5) is 18.9. The number of fused-ring (bicyclic) bond motifs is 3. The summed E-state index contributed by atoms with van der Waals surface area (Å²) in [5, 5.41) is 14.1. The molecule has 5 nitrogen and oxygen atoms in total. The highest BCUT2D eigenvalue weighted by Crippen LogP contribution is 2.28. The minimum absolute atomic E-state index is 0.153. The van der Waals surface area contributed by atoms with E-state index in [-0.39, 0.29) is 12.5 Å². The third-order valence-corrected chi connectivity index (χ3v) is 4.71. The Balaban J connectivity index is 1.84. The van der Waals surface area contributed by atoms with E-state index in [4.69, 9.17) is 0 Å². The van der Waals surface area contributed by atoms with Crippen LogP contribution in [-0.4, -0.2) is 33.0 Å². The number of carbonyl (C=O) groups excluding carboxylic acids is 1. The maximum absolute atomic E-state index is 12.0. The standard InChI is InChI=1S/C12H13N3O2S2/c1-2-7(16)6-13-10(17)9-5-8-11(19-9)14-12-15(8)3-4-18-12/h3-5,7,16H,2,6H2,1H3,(H,13,17). The molecule has 0 aromatic carbocycles. The van der Waals surface area contributed by atoms with Crippen molar-refractivity contribution in [3.8, 4) is 0 Å². The van der Waals surface area contributed by atoms with Crippen molar-refractivity contribution < 1.29 is 9.90 Å². The first kappa shape index (κ1) is 12.6. The van der Waals surface area contributed by atoms with E-state index in [2.05, 4.69) is 10.3 Å². The molecule has 0 saturated carbocycles. The average Bonchev–Trinajstić information content (AvgIpc) is 3.06. The molecule has 0 fully saturated rings. The number of amides is 1. The molecule has 1 amide bonds. The van der Waals surface area contributed by atoms with Crippen molar-refractivity contribution in [1.82, 2.24) is 14.7 Å². The number of hydrogen-bond donors (Lipinski definition) is 2. The van der Waals surface area contributed by atoms with Crippen molar-refractivity contribution in [2.24, 2.45) is 0 Å². The van der Waals surface area contributed by atoms with Gasteiger partial charge in [-0.2, -0.15) is 0 Å². The van der Waals surface area contributed by atoms with Gasteiger partial charge in [0.15, 0.2) is 4.96 Å². The number of carbonyl (C=O) groups is 1. The average molecular weight is 295 g/mol. The molecule has 3 rings (SSSR count). The third-order valence-electron chi connectivity index (χ3n) is 2.93. The molecule has 0 spiro atoms. The van der Waals surface area contributed by atoms with E-state index in [0.717, 1.165) is 15.3 Å². The summed E-state index contributed by atoms with van der Waals surface area (Å²) >= 11 is 2.95. The summed E-state index contributed by atoms with van der Waals surface area (Å²) in [5.41, 5.74) is 0.961. The van der Waals surface area contributed by atoms with Gasteiger partial charge in [0.05, 0.1) is 16.5 Å². The van der Waals surface area contributed by atoms with Crippen LogP contribution in [0.5, 0.6) is 0 Å². The predicted octanol–water partition coefficient (Wildman–Crippen LogP) is 2.11. The highest BCUT2D eigenvalue weighted by atomic mass is 32.1. The van der Waals surface area contributed by atoms with Crippen LogP contribution < -0.4 is 5.32 Å². The van der Waals surface area contributed by atoms with Crippen LogP contribution >= 0.6 is 22.7 Å². The van der Waals surface area contributed by atoms with Gasteiger partial charge in [-0.05, 0) is 12.5 Å². The number of aliphatic hydroxyl groups excluding tert-OH is 1. The zero-order valence-corrected chi connectivity index (χ0v) is 11.9. The summed E-state index contributed by atoms with van der Waals surface area (Å²) in [5.74, 6) is -0.153. The van der Waals surface area contributed by atoms with Crippen molar-refractivity contribution in [2.45, 2.75) is 19.4 Å². The number of rotatable bonds is 4. The molecule has 0 saturated heterocycles. The first-order valence-electron chi connectivity index (χ1n) is 6.00. The fraction of sp³-hybridized carbons (Fsp3) is 0.333. The Morgan fingerprint density at radius 3 is 3.26 bits per heavy atom. The largest absolute Gasteiger partial charge is 0.391 e. The van der Waals surface area contributed by atoms with Crippen LogP contribution in [-0.2, 0) is 0 Å². The molecule has 3 heterocycles. The third kappa shape index (κ3) is 2.24. The lowest BCUT2D eigenvalue weighted by Crippen LogP contribution is -2.31. The fourth-order valence-corrected chi connectivity index (χ4v) is 3.52. The van der Waals surface area contributed by atoms with Gasteiger partial charge in [0.25, 0.3) is 5.91 Å². The lowest BCUT2D eigenvalue weighted by atomic mass is 10.3. The molecule has 0 radical (unpaired) electrons. The maximum Gasteiger partial charge on any atom is 0.261 e. The Hall–Kier alpha value is -1.44. The highest BCUT2D eigenvalue weighted by molar-refractivity contribution is 7.21. The number of nitrogens with one attached hydrogen (secondary N) is 1. The Morgan fingerprint density at radius 1 is 1.63 bits per heavy atom. The van der Waals surface area contributed by atoms with Crippen molar-refractivity contribution in [3.05, 3.63) is 22.5 Å². The second-order valence-electron chi connectivity index (χ2n) is 4.24. The molecular weight excluding hydrogens is 282 g/mol. The number of aromatic nitrogens is 2. The van der Waals surface area contributed by atoms with Gasteiger partial charge in [-0.1, -0.05) is 6.92 Å². The van der Waals surface area contributed by atoms with E-state index in [0.29, 0.717) is 11.3 Å². The minimum Gasteiger partial charge on any atom is -0.391 e. The topological polar surface area (TPSA) is 66.6 Å². The molecule has 3 aromatic rings. The molecule has 1 atom stereocenters. The van der Waals surface area contributed by atoms with E-state index in [1.54, 1.807) is 11.3 Å². The Kier molecular flexibility index (Phi) is 3.26. The van der Waals surface area contributed by atoms with Gasteiger partial charge in [-0.3, -0.25) is 9.20 Å². The Labute approximate surface area is 117 Å². The summed E-state index contributed by atoms with van der Waals surface area (Å²) in [6, 6.07) is 1.85. The van der Waals surface area contributed by atoms with Crippen molar-refractivity contribution in [2.75, 3.05) is 6.54 Å². The Morgan fingerprint density at radius 2 is 2.47 bits per heavy atom. The van der Waals surface area contributed by atoms with Gasteiger partial charge < -0.3 is 10.4 Å². The molecule has 0 aliphatic rings. The zero-order valence-electron chi connectivity index (χ0n) is 10.3. The zero-order chi connectivity index (χ0) is 13.4. The first-order chi connectivity index (χ1) is 9.19. The van der Waals surface area contributed by atoms with Gasteiger partial charge >= 0.3 is 0 Å². The van der Waals surface area contributed by atoms with Crippen LogP contribution in [0.3, 0.4) is 0 Å². The molecule has 3 aromatic heterocycles. The van der Waals surface area contributed by atoms with Gasteiger partial charge in [0.2, 0.25) is 0 Å². The Bertz CT molecular complexity index is 728. The minimum atomic E-state index is -0.488. The SMILES string of the molecule is CCC(O)CNC(=O)c1cc2c(nc3sccn32)s1. The molecular formula is C12H13N3O2S2. The van der Waals surface area contributed by atoms with Gasteiger partial charge in [0, 0.05) is 18.1 Å². The highest BCUT2D eigenvalue weighted by Gasteiger charge is 2.15. The van der Waals surface area contributed by atoms with Crippen LogP contribution in [0.1, 0.15) is 23.0 Å². The smallest absolute Gasteiger partial charge is 0.261 e. The quantitative estimate of drug-likeness (QED) is 0.774. The maximum atomic E-state index is 12.0. The van der Waals surface area contributed by atoms with Crippen LogP contribution in [0.4, 0.5) is 0 Å². The monoisotopic (exact) mass is 295 g/mol. The summed E-state index contributed by atoms with van der Waals surface area (Å²) in [6.45, 7) is 2.16. The van der Waals surface area contributed by atoms with E-state index >= 15 is 0 Å². The van der Waals surface area contributed by atoms with Crippen molar-refractivity contribution in [3.63, 3.8) is 0 Å². The van der Waals surface area contributed by atoms with Crippen molar-refractivity contribution >= 4 is 43.9 Å². The molecule has 1 unspecified atom stereocenters. The van der Waals surface area contributed by atoms with Gasteiger partial charge in [0.1, 0.15) is 4.83 Å². The lowest BCUT2D eigenvalue weighted by Gasteiger charge is -2.07. The molecule has 100 valence electrons. The number of imidazole rings is 1. The molecule has 7 heteroatoms. The van der Waals surface area contributed by atoms with Gasteiger partial charge in [-0.25, -0.2) is 4.98 Å². The second kappa shape index (κ2) is 4.92. The van der Waals surface area contributed by atoms with E-state index in [9.17, 15) is 9.90 Å². The molecule has 0 aliphatic carbocycles. The number of thiazole rings is 1. The van der Waals surface area contributed by atoms with Crippen molar-refractivity contribution in [1.29, 1.82) is 0 Å². The normalized spacial score (nSPS) is 13.2. The molecule has 2 N–H and O–H groups in total.